The van der Waals surface area contributed by atoms with Crippen molar-refractivity contribution < 1.29 is 4.79 Å². The van der Waals surface area contributed by atoms with Crippen LogP contribution in [0.25, 0.3) is 0 Å². The second-order valence-electron chi connectivity index (χ2n) is 7.00. The molecule has 1 heterocycles. The van der Waals surface area contributed by atoms with Crippen molar-refractivity contribution in [2.24, 2.45) is 0 Å². The van der Waals surface area contributed by atoms with Crippen LogP contribution in [-0.2, 0) is 0 Å². The van der Waals surface area contributed by atoms with Crippen molar-refractivity contribution in [3.05, 3.63) is 24.0 Å². The van der Waals surface area contributed by atoms with Crippen molar-refractivity contribution in [2.75, 3.05) is 5.32 Å². The van der Waals surface area contributed by atoms with Gasteiger partial charge in [0.2, 0.25) is 0 Å². The molecule has 1 aromatic rings. The number of nitrogens with zero attached hydrogens (tertiary/aromatic N) is 1. The molecule has 0 aliphatic heterocycles. The number of anilines is 1. The van der Waals surface area contributed by atoms with E-state index in [4.69, 9.17) is 0 Å². The standard InChI is InChI=1S/C17H27N3O/c1-17(2,3)20-16(21)13-10-15(12-18-11-13)19-14-8-6-4-5-7-9-14/h10-12,14,19H,4-9H2,1-3H3,(H,20,21). The highest BCUT2D eigenvalue weighted by Crippen LogP contribution is 2.21. The van der Waals surface area contributed by atoms with Gasteiger partial charge in [-0.25, -0.2) is 0 Å². The summed E-state index contributed by atoms with van der Waals surface area (Å²) in [4.78, 5) is 16.4. The SMILES string of the molecule is CC(C)(C)NC(=O)c1cncc(NC2CCCCCC2)c1. The average molecular weight is 289 g/mol. The summed E-state index contributed by atoms with van der Waals surface area (Å²) in [5.41, 5.74) is 1.33. The first-order valence-corrected chi connectivity index (χ1v) is 7.98. The van der Waals surface area contributed by atoms with E-state index in [1.807, 2.05) is 26.8 Å². The number of pyridine rings is 1. The molecule has 0 bridgehead atoms. The number of aromatic nitrogens is 1. The van der Waals surface area contributed by atoms with Crippen LogP contribution in [0, 0.1) is 0 Å². The molecule has 2 N–H and O–H groups in total. The van der Waals surface area contributed by atoms with Gasteiger partial charge in [-0.3, -0.25) is 9.78 Å². The van der Waals surface area contributed by atoms with E-state index in [1.165, 1.54) is 38.5 Å². The topological polar surface area (TPSA) is 54.0 Å². The maximum absolute atomic E-state index is 12.2. The van der Waals surface area contributed by atoms with Gasteiger partial charge in [0.1, 0.15) is 0 Å². The summed E-state index contributed by atoms with van der Waals surface area (Å²) in [5, 5.41) is 6.51. The molecular formula is C17H27N3O. The van der Waals surface area contributed by atoms with E-state index in [0.717, 1.165) is 5.69 Å². The van der Waals surface area contributed by atoms with Gasteiger partial charge in [0.05, 0.1) is 11.3 Å². The van der Waals surface area contributed by atoms with Crippen LogP contribution in [0.5, 0.6) is 0 Å². The number of hydrogen-bond acceptors (Lipinski definition) is 3. The molecule has 2 rings (SSSR count). The summed E-state index contributed by atoms with van der Waals surface area (Å²) < 4.78 is 0. The van der Waals surface area contributed by atoms with Crippen molar-refractivity contribution in [1.82, 2.24) is 10.3 Å². The molecule has 0 atom stereocenters. The number of hydrogen-bond donors (Lipinski definition) is 2. The lowest BCUT2D eigenvalue weighted by Gasteiger charge is -2.21. The Bertz CT molecular complexity index is 471. The molecule has 21 heavy (non-hydrogen) atoms. The number of carbonyl (C=O) groups excluding carboxylic acids is 1. The van der Waals surface area contributed by atoms with Crippen molar-refractivity contribution in [1.29, 1.82) is 0 Å². The quantitative estimate of drug-likeness (QED) is 0.833. The predicted octanol–water partition coefficient (Wildman–Crippen LogP) is 3.74. The monoisotopic (exact) mass is 289 g/mol. The summed E-state index contributed by atoms with van der Waals surface area (Å²) in [6.45, 7) is 5.93. The second kappa shape index (κ2) is 6.92. The van der Waals surface area contributed by atoms with Crippen LogP contribution >= 0.6 is 0 Å². The largest absolute Gasteiger partial charge is 0.381 e. The fourth-order valence-corrected chi connectivity index (χ4v) is 2.72. The Morgan fingerprint density at radius 1 is 1.14 bits per heavy atom. The summed E-state index contributed by atoms with van der Waals surface area (Å²) in [6, 6.07) is 2.41. The van der Waals surface area contributed by atoms with E-state index in [9.17, 15) is 4.79 Å². The highest BCUT2D eigenvalue weighted by atomic mass is 16.1. The Balaban J connectivity index is 2.01. The van der Waals surface area contributed by atoms with Crippen LogP contribution in [0.1, 0.15) is 69.7 Å². The van der Waals surface area contributed by atoms with Crippen LogP contribution in [0.3, 0.4) is 0 Å². The minimum atomic E-state index is -0.234. The number of carbonyl (C=O) groups is 1. The van der Waals surface area contributed by atoms with E-state index in [2.05, 4.69) is 15.6 Å². The Morgan fingerprint density at radius 3 is 2.43 bits per heavy atom. The molecule has 0 aromatic carbocycles. The van der Waals surface area contributed by atoms with Gasteiger partial charge in [0.15, 0.2) is 0 Å². The van der Waals surface area contributed by atoms with Gasteiger partial charge in [0, 0.05) is 24.0 Å². The second-order valence-corrected chi connectivity index (χ2v) is 7.00. The molecule has 4 heteroatoms. The smallest absolute Gasteiger partial charge is 0.253 e. The summed E-state index contributed by atoms with van der Waals surface area (Å²) in [6.07, 6.45) is 11.1. The van der Waals surface area contributed by atoms with Crippen molar-refractivity contribution in [3.8, 4) is 0 Å². The zero-order valence-electron chi connectivity index (χ0n) is 13.4. The van der Waals surface area contributed by atoms with Gasteiger partial charge in [-0.15, -0.1) is 0 Å². The van der Waals surface area contributed by atoms with Gasteiger partial charge in [0.25, 0.3) is 5.91 Å². The van der Waals surface area contributed by atoms with E-state index in [0.29, 0.717) is 11.6 Å². The van der Waals surface area contributed by atoms with Crippen molar-refractivity contribution in [2.45, 2.75) is 70.9 Å². The predicted molar refractivity (Wildman–Crippen MR) is 86.6 cm³/mol. The number of nitrogens with one attached hydrogen (secondary N) is 2. The molecule has 0 spiro atoms. The maximum atomic E-state index is 12.2. The third-order valence-corrected chi connectivity index (χ3v) is 3.71. The van der Waals surface area contributed by atoms with Crippen LogP contribution in [-0.4, -0.2) is 22.5 Å². The lowest BCUT2D eigenvalue weighted by molar-refractivity contribution is 0.0919. The third kappa shape index (κ3) is 5.37. The summed E-state index contributed by atoms with van der Waals surface area (Å²) in [7, 11) is 0. The fraction of sp³-hybridized carbons (Fsp3) is 0.647. The van der Waals surface area contributed by atoms with Gasteiger partial charge in [-0.05, 0) is 39.7 Å². The molecule has 1 fully saturated rings. The zero-order valence-corrected chi connectivity index (χ0v) is 13.4. The number of amides is 1. The van der Waals surface area contributed by atoms with Crippen LogP contribution in [0.4, 0.5) is 5.69 Å². The molecule has 1 aliphatic rings. The molecule has 1 aromatic heterocycles. The average Bonchev–Trinajstić information content (AvgIpc) is 2.66. The van der Waals surface area contributed by atoms with Crippen LogP contribution < -0.4 is 10.6 Å². The molecule has 0 saturated heterocycles. The van der Waals surface area contributed by atoms with Gasteiger partial charge < -0.3 is 10.6 Å². The molecule has 1 saturated carbocycles. The molecule has 1 aliphatic carbocycles. The van der Waals surface area contributed by atoms with Gasteiger partial charge >= 0.3 is 0 Å². The third-order valence-electron chi connectivity index (χ3n) is 3.71. The summed E-state index contributed by atoms with van der Waals surface area (Å²) in [5.74, 6) is -0.0699. The Kier molecular flexibility index (Phi) is 5.21. The Hall–Kier alpha value is -1.58. The Morgan fingerprint density at radius 2 is 1.81 bits per heavy atom. The lowest BCUT2D eigenvalue weighted by atomic mass is 10.1. The van der Waals surface area contributed by atoms with Gasteiger partial charge in [-0.2, -0.15) is 0 Å². The fourth-order valence-electron chi connectivity index (χ4n) is 2.72. The molecular weight excluding hydrogens is 262 g/mol. The first-order chi connectivity index (χ1) is 9.94. The molecule has 116 valence electrons. The van der Waals surface area contributed by atoms with E-state index in [-0.39, 0.29) is 11.4 Å². The lowest BCUT2D eigenvalue weighted by Crippen LogP contribution is -2.40. The summed E-state index contributed by atoms with van der Waals surface area (Å²) >= 11 is 0. The van der Waals surface area contributed by atoms with Gasteiger partial charge in [-0.1, -0.05) is 25.7 Å². The van der Waals surface area contributed by atoms with Crippen LogP contribution in [0.15, 0.2) is 18.5 Å². The van der Waals surface area contributed by atoms with Crippen molar-refractivity contribution in [3.63, 3.8) is 0 Å². The van der Waals surface area contributed by atoms with E-state index in [1.54, 1.807) is 12.4 Å². The minimum Gasteiger partial charge on any atom is -0.381 e. The molecule has 1 amide bonds. The minimum absolute atomic E-state index is 0.0699. The zero-order chi connectivity index (χ0) is 15.3. The highest BCUT2D eigenvalue weighted by molar-refractivity contribution is 5.95. The molecule has 0 radical (unpaired) electrons. The van der Waals surface area contributed by atoms with E-state index >= 15 is 0 Å². The van der Waals surface area contributed by atoms with E-state index < -0.39 is 0 Å². The normalized spacial score (nSPS) is 17.1. The van der Waals surface area contributed by atoms with Crippen LogP contribution in [0.2, 0.25) is 0 Å². The number of rotatable bonds is 3. The van der Waals surface area contributed by atoms with Crippen molar-refractivity contribution >= 4 is 11.6 Å². The molecule has 0 unspecified atom stereocenters. The molecule has 4 nitrogen and oxygen atoms in total. The first kappa shape index (κ1) is 15.8. The maximum Gasteiger partial charge on any atom is 0.253 e. The first-order valence-electron chi connectivity index (χ1n) is 7.98. The Labute approximate surface area is 127 Å². The highest BCUT2D eigenvalue weighted by Gasteiger charge is 2.17.